The molecule has 32 heavy (non-hydrogen) atoms. The lowest BCUT2D eigenvalue weighted by Gasteiger charge is -2.49. The van der Waals surface area contributed by atoms with Crippen LogP contribution in [-0.2, 0) is 20.7 Å². The van der Waals surface area contributed by atoms with Crippen molar-refractivity contribution in [2.24, 2.45) is 5.92 Å². The topological polar surface area (TPSA) is 65.1 Å². The Kier molecular flexibility index (Phi) is 6.64. The highest BCUT2D eigenvalue weighted by Crippen LogP contribution is 2.36. The zero-order valence-corrected chi connectivity index (χ0v) is 19.0. The first kappa shape index (κ1) is 21.7. The van der Waals surface area contributed by atoms with Crippen LogP contribution < -0.4 is 10.2 Å². The lowest BCUT2D eigenvalue weighted by atomic mass is 9.83. The van der Waals surface area contributed by atoms with Crippen LogP contribution in [0.5, 0.6) is 0 Å². The maximum absolute atomic E-state index is 13.5. The van der Waals surface area contributed by atoms with Gasteiger partial charge in [-0.05, 0) is 30.9 Å². The maximum atomic E-state index is 13.5. The van der Waals surface area contributed by atoms with Crippen molar-refractivity contribution in [2.45, 2.75) is 50.6 Å². The van der Waals surface area contributed by atoms with E-state index in [4.69, 9.17) is 4.74 Å². The van der Waals surface area contributed by atoms with Gasteiger partial charge in [-0.25, -0.2) is 0 Å². The van der Waals surface area contributed by atoms with E-state index in [1.807, 2.05) is 4.90 Å². The maximum Gasteiger partial charge on any atom is 0.236 e. The molecule has 3 heterocycles. The Labute approximate surface area is 191 Å². The van der Waals surface area contributed by atoms with E-state index in [9.17, 15) is 9.59 Å². The first-order valence-electron chi connectivity index (χ1n) is 12.4. The summed E-state index contributed by atoms with van der Waals surface area (Å²) in [6.45, 7) is 5.51. The first-order chi connectivity index (χ1) is 15.7. The standard InChI is InChI=1S/C25H36N4O3/c30-24(28-12-14-32-15-13-28)18-27-10-11-29-22-9-5-4-6-19(22)16-21(23(29)17-27)25(31)26-20-7-2-1-3-8-20/h4-6,9,20-21,23H,1-3,7-8,10-18H2,(H,26,31)/t21-,23+/m0/s1. The number of para-hydroxylation sites is 1. The predicted octanol–water partition coefficient (Wildman–Crippen LogP) is 1.66. The second-order valence-electron chi connectivity index (χ2n) is 9.77. The van der Waals surface area contributed by atoms with Crippen LogP contribution in [0.3, 0.4) is 0 Å². The smallest absolute Gasteiger partial charge is 0.236 e. The normalized spacial score (nSPS) is 26.9. The van der Waals surface area contributed by atoms with Crippen LogP contribution in [0.25, 0.3) is 0 Å². The number of carbonyl (C=O) groups excluding carboxylic acids is 2. The lowest BCUT2D eigenvalue weighted by molar-refractivity contribution is -0.136. The van der Waals surface area contributed by atoms with Gasteiger partial charge < -0.3 is 19.9 Å². The SMILES string of the molecule is O=C(NC1CCCCC1)[C@H]1Cc2ccccc2N2CCN(CC(=O)N3CCOCC3)C[C@H]12. The summed E-state index contributed by atoms with van der Waals surface area (Å²) in [6.07, 6.45) is 6.69. The number of morpholine rings is 1. The fourth-order valence-electron chi connectivity index (χ4n) is 5.92. The number of ether oxygens (including phenoxy) is 1. The van der Waals surface area contributed by atoms with E-state index < -0.39 is 0 Å². The average molecular weight is 441 g/mol. The van der Waals surface area contributed by atoms with Gasteiger partial charge >= 0.3 is 0 Å². The Bertz CT molecular complexity index is 819. The van der Waals surface area contributed by atoms with E-state index in [1.54, 1.807) is 0 Å². The molecule has 7 nitrogen and oxygen atoms in total. The molecule has 0 spiro atoms. The highest BCUT2D eigenvalue weighted by molar-refractivity contribution is 5.82. The summed E-state index contributed by atoms with van der Waals surface area (Å²) in [7, 11) is 0. The fourth-order valence-corrected chi connectivity index (χ4v) is 5.92. The van der Waals surface area contributed by atoms with Crippen LogP contribution in [0.1, 0.15) is 37.7 Å². The molecule has 0 aromatic heterocycles. The zero-order chi connectivity index (χ0) is 21.9. The summed E-state index contributed by atoms with van der Waals surface area (Å²) in [4.78, 5) is 32.9. The molecule has 2 amide bonds. The number of fused-ring (bicyclic) bond motifs is 3. The number of hydrogen-bond donors (Lipinski definition) is 1. The molecule has 7 heteroatoms. The van der Waals surface area contributed by atoms with Crippen LogP contribution in [0, 0.1) is 5.92 Å². The van der Waals surface area contributed by atoms with E-state index in [-0.39, 0.29) is 23.8 Å². The minimum atomic E-state index is -0.0758. The average Bonchev–Trinajstić information content (AvgIpc) is 2.84. The number of rotatable bonds is 4. The van der Waals surface area contributed by atoms with Crippen LogP contribution in [0.2, 0.25) is 0 Å². The highest BCUT2D eigenvalue weighted by Gasteiger charge is 2.42. The van der Waals surface area contributed by atoms with Gasteiger partial charge in [0.2, 0.25) is 11.8 Å². The van der Waals surface area contributed by atoms with Crippen molar-refractivity contribution >= 4 is 17.5 Å². The second-order valence-corrected chi connectivity index (χ2v) is 9.77. The third kappa shape index (κ3) is 4.64. The van der Waals surface area contributed by atoms with E-state index in [0.29, 0.717) is 38.9 Å². The van der Waals surface area contributed by atoms with Gasteiger partial charge in [0.1, 0.15) is 0 Å². The number of piperazine rings is 1. The monoisotopic (exact) mass is 440 g/mol. The molecule has 0 radical (unpaired) electrons. The third-order valence-electron chi connectivity index (χ3n) is 7.72. The van der Waals surface area contributed by atoms with Crippen molar-refractivity contribution in [3.05, 3.63) is 29.8 Å². The number of nitrogens with one attached hydrogen (secondary N) is 1. The summed E-state index contributed by atoms with van der Waals surface area (Å²) in [5, 5.41) is 3.39. The summed E-state index contributed by atoms with van der Waals surface area (Å²) < 4.78 is 5.39. The van der Waals surface area contributed by atoms with Crippen LogP contribution in [-0.4, -0.2) is 86.2 Å². The van der Waals surface area contributed by atoms with Crippen LogP contribution in [0.15, 0.2) is 24.3 Å². The summed E-state index contributed by atoms with van der Waals surface area (Å²) in [6, 6.07) is 8.95. The Morgan fingerprint density at radius 2 is 1.78 bits per heavy atom. The Morgan fingerprint density at radius 1 is 1.00 bits per heavy atom. The van der Waals surface area contributed by atoms with Gasteiger partial charge in [-0.15, -0.1) is 0 Å². The molecule has 5 rings (SSSR count). The molecule has 4 aliphatic rings. The van der Waals surface area contributed by atoms with Gasteiger partial charge in [0, 0.05) is 44.5 Å². The number of anilines is 1. The summed E-state index contributed by atoms with van der Waals surface area (Å²) in [5.74, 6) is 0.303. The Hall–Kier alpha value is -2.12. The van der Waals surface area contributed by atoms with Crippen molar-refractivity contribution in [1.82, 2.24) is 15.1 Å². The molecular weight excluding hydrogens is 404 g/mol. The van der Waals surface area contributed by atoms with Gasteiger partial charge in [-0.2, -0.15) is 0 Å². The van der Waals surface area contributed by atoms with Crippen molar-refractivity contribution in [3.63, 3.8) is 0 Å². The third-order valence-corrected chi connectivity index (χ3v) is 7.72. The van der Waals surface area contributed by atoms with E-state index >= 15 is 0 Å². The molecule has 174 valence electrons. The molecule has 2 saturated heterocycles. The first-order valence-corrected chi connectivity index (χ1v) is 12.4. The molecule has 1 N–H and O–H groups in total. The van der Waals surface area contributed by atoms with E-state index in [1.165, 1.54) is 30.5 Å². The molecule has 3 aliphatic heterocycles. The highest BCUT2D eigenvalue weighted by atomic mass is 16.5. The second kappa shape index (κ2) is 9.79. The number of carbonyl (C=O) groups is 2. The van der Waals surface area contributed by atoms with Gasteiger partial charge in [0.05, 0.1) is 31.7 Å². The molecule has 0 unspecified atom stereocenters. The number of amides is 2. The molecule has 0 bridgehead atoms. The molecular formula is C25H36N4O3. The van der Waals surface area contributed by atoms with Crippen LogP contribution in [0.4, 0.5) is 5.69 Å². The Balaban J connectivity index is 1.30. The quantitative estimate of drug-likeness (QED) is 0.772. The lowest BCUT2D eigenvalue weighted by Crippen LogP contribution is -2.62. The minimum Gasteiger partial charge on any atom is -0.378 e. The van der Waals surface area contributed by atoms with Crippen molar-refractivity contribution in [1.29, 1.82) is 0 Å². The summed E-state index contributed by atoms with van der Waals surface area (Å²) >= 11 is 0. The summed E-state index contributed by atoms with van der Waals surface area (Å²) in [5.41, 5.74) is 2.53. The number of benzene rings is 1. The molecule has 2 atom stereocenters. The molecule has 1 aromatic rings. The molecule has 1 saturated carbocycles. The molecule has 1 aliphatic carbocycles. The van der Waals surface area contributed by atoms with Crippen LogP contribution >= 0.6 is 0 Å². The van der Waals surface area contributed by atoms with Crippen molar-refractivity contribution < 1.29 is 14.3 Å². The predicted molar refractivity (Wildman–Crippen MR) is 124 cm³/mol. The van der Waals surface area contributed by atoms with Gasteiger partial charge in [-0.3, -0.25) is 14.5 Å². The van der Waals surface area contributed by atoms with Crippen molar-refractivity contribution in [2.75, 3.05) is 57.4 Å². The zero-order valence-electron chi connectivity index (χ0n) is 19.0. The van der Waals surface area contributed by atoms with E-state index in [0.717, 1.165) is 38.9 Å². The molecule has 1 aromatic carbocycles. The van der Waals surface area contributed by atoms with Gasteiger partial charge in [-0.1, -0.05) is 37.5 Å². The van der Waals surface area contributed by atoms with Crippen molar-refractivity contribution in [3.8, 4) is 0 Å². The number of hydrogen-bond acceptors (Lipinski definition) is 5. The fraction of sp³-hybridized carbons (Fsp3) is 0.680. The number of nitrogens with zero attached hydrogens (tertiary/aromatic N) is 3. The largest absolute Gasteiger partial charge is 0.378 e. The van der Waals surface area contributed by atoms with Gasteiger partial charge in [0.25, 0.3) is 0 Å². The minimum absolute atomic E-state index is 0.0758. The van der Waals surface area contributed by atoms with Gasteiger partial charge in [0.15, 0.2) is 0 Å². The molecule has 3 fully saturated rings. The Morgan fingerprint density at radius 3 is 2.59 bits per heavy atom. The van der Waals surface area contributed by atoms with E-state index in [2.05, 4.69) is 39.4 Å².